The minimum Gasteiger partial charge on any atom is -0.249 e. The standard InChI is InChI=1S/C8H10N4/c1-5-4-7-8(9-5)6(2)10-11-12(7)3/h4H,1-3H3. The van der Waals surface area contributed by atoms with E-state index in [1.807, 2.05) is 27.0 Å². The predicted octanol–water partition coefficient (Wildman–Crippen LogP) is 0.932. The van der Waals surface area contributed by atoms with Crippen molar-refractivity contribution in [2.24, 2.45) is 7.05 Å². The molecule has 2 aliphatic heterocycles. The van der Waals surface area contributed by atoms with E-state index in [4.69, 9.17) is 0 Å². The molecule has 0 spiro atoms. The second-order valence-electron chi connectivity index (χ2n) is 2.93. The average Bonchev–Trinajstić information content (AvgIpc) is 2.41. The number of rotatable bonds is 0. The van der Waals surface area contributed by atoms with Crippen LogP contribution in [0.15, 0.2) is 6.07 Å². The van der Waals surface area contributed by atoms with Crippen molar-refractivity contribution in [2.45, 2.75) is 13.8 Å². The van der Waals surface area contributed by atoms with Crippen molar-refractivity contribution in [1.82, 2.24) is 20.0 Å². The zero-order valence-electron chi connectivity index (χ0n) is 7.37. The van der Waals surface area contributed by atoms with E-state index < -0.39 is 0 Å². The molecule has 12 heavy (non-hydrogen) atoms. The summed E-state index contributed by atoms with van der Waals surface area (Å²) in [5, 5.41) is 7.92. The first-order chi connectivity index (χ1) is 5.68. The first-order valence-electron chi connectivity index (χ1n) is 3.82. The van der Waals surface area contributed by atoms with Crippen molar-refractivity contribution in [3.63, 3.8) is 0 Å². The van der Waals surface area contributed by atoms with Gasteiger partial charge in [-0.3, -0.25) is 0 Å². The highest BCUT2D eigenvalue weighted by atomic mass is 15.4. The van der Waals surface area contributed by atoms with E-state index >= 15 is 0 Å². The molecular formula is C8H10N4. The molecule has 0 saturated carbocycles. The third-order valence-corrected chi connectivity index (χ3v) is 1.90. The van der Waals surface area contributed by atoms with Crippen LogP contribution in [-0.2, 0) is 7.05 Å². The van der Waals surface area contributed by atoms with Gasteiger partial charge in [-0.15, -0.1) is 5.10 Å². The van der Waals surface area contributed by atoms with Gasteiger partial charge in [0.25, 0.3) is 0 Å². The summed E-state index contributed by atoms with van der Waals surface area (Å²) < 4.78 is 1.74. The molecule has 0 saturated heterocycles. The van der Waals surface area contributed by atoms with Crippen molar-refractivity contribution >= 4 is 0 Å². The van der Waals surface area contributed by atoms with Crippen molar-refractivity contribution in [3.8, 4) is 11.4 Å². The maximum atomic E-state index is 4.35. The highest BCUT2D eigenvalue weighted by molar-refractivity contribution is 5.59. The highest BCUT2D eigenvalue weighted by Gasteiger charge is 2.12. The van der Waals surface area contributed by atoms with Gasteiger partial charge in [-0.2, -0.15) is 0 Å². The van der Waals surface area contributed by atoms with Crippen LogP contribution in [0.3, 0.4) is 0 Å². The molecule has 0 aromatic carbocycles. The lowest BCUT2D eigenvalue weighted by Gasteiger charge is -2.04. The fourth-order valence-electron chi connectivity index (χ4n) is 1.27. The second-order valence-corrected chi connectivity index (χ2v) is 2.93. The Bertz CT molecular complexity index is 355. The zero-order chi connectivity index (χ0) is 8.72. The molecule has 0 aromatic heterocycles. The Hall–Kier alpha value is -1.45. The number of fused-ring (bicyclic) bond motifs is 1. The van der Waals surface area contributed by atoms with Crippen molar-refractivity contribution in [1.29, 1.82) is 0 Å². The van der Waals surface area contributed by atoms with E-state index in [2.05, 4.69) is 15.3 Å². The molecule has 0 atom stereocenters. The Morgan fingerprint density at radius 1 is 1.33 bits per heavy atom. The van der Waals surface area contributed by atoms with Crippen LogP contribution in [0.2, 0.25) is 0 Å². The molecule has 0 radical (unpaired) electrons. The van der Waals surface area contributed by atoms with Gasteiger partial charge >= 0.3 is 0 Å². The molecule has 0 aromatic rings. The first kappa shape index (κ1) is 7.21. The summed E-state index contributed by atoms with van der Waals surface area (Å²) in [5.74, 6) is 0. The van der Waals surface area contributed by atoms with E-state index in [9.17, 15) is 0 Å². The lowest BCUT2D eigenvalue weighted by molar-refractivity contribution is 0.661. The van der Waals surface area contributed by atoms with Crippen LogP contribution in [0.5, 0.6) is 0 Å². The number of aromatic nitrogens is 4. The van der Waals surface area contributed by atoms with Crippen molar-refractivity contribution in [3.05, 3.63) is 17.5 Å². The maximum absolute atomic E-state index is 4.35. The van der Waals surface area contributed by atoms with Crippen LogP contribution in [0.1, 0.15) is 11.4 Å². The van der Waals surface area contributed by atoms with Crippen molar-refractivity contribution < 1.29 is 0 Å². The lowest BCUT2D eigenvalue weighted by atomic mass is 10.3. The summed E-state index contributed by atoms with van der Waals surface area (Å²) in [5.41, 5.74) is 3.89. The van der Waals surface area contributed by atoms with Crippen LogP contribution in [0, 0.1) is 13.8 Å². The fraction of sp³-hybridized carbons (Fsp3) is 0.375. The highest BCUT2D eigenvalue weighted by Crippen LogP contribution is 2.21. The van der Waals surface area contributed by atoms with Gasteiger partial charge in [-0.25, -0.2) is 9.67 Å². The van der Waals surface area contributed by atoms with Crippen LogP contribution < -0.4 is 0 Å². The van der Waals surface area contributed by atoms with E-state index in [1.54, 1.807) is 4.68 Å². The van der Waals surface area contributed by atoms with Crippen LogP contribution >= 0.6 is 0 Å². The number of aryl methyl sites for hydroxylation is 3. The lowest BCUT2D eigenvalue weighted by Crippen LogP contribution is -2.06. The van der Waals surface area contributed by atoms with Gasteiger partial charge in [-0.1, -0.05) is 5.21 Å². The summed E-state index contributed by atoms with van der Waals surface area (Å²) in [6, 6.07) is 2.01. The molecule has 2 rings (SSSR count). The van der Waals surface area contributed by atoms with E-state index in [-0.39, 0.29) is 0 Å². The monoisotopic (exact) mass is 162 g/mol. The molecule has 0 amide bonds. The second kappa shape index (κ2) is 2.27. The molecule has 0 N–H and O–H groups in total. The van der Waals surface area contributed by atoms with Gasteiger partial charge in [0.15, 0.2) is 0 Å². The molecular weight excluding hydrogens is 152 g/mol. The number of hydrogen-bond acceptors (Lipinski definition) is 3. The molecule has 0 aliphatic carbocycles. The third-order valence-electron chi connectivity index (χ3n) is 1.90. The van der Waals surface area contributed by atoms with Gasteiger partial charge in [0.05, 0.1) is 11.4 Å². The Morgan fingerprint density at radius 2 is 2.08 bits per heavy atom. The number of nitrogens with zero attached hydrogens (tertiary/aromatic N) is 4. The molecule has 4 heteroatoms. The molecule has 0 bridgehead atoms. The Kier molecular flexibility index (Phi) is 1.36. The van der Waals surface area contributed by atoms with Crippen molar-refractivity contribution in [2.75, 3.05) is 0 Å². The molecule has 62 valence electrons. The summed E-state index contributed by atoms with van der Waals surface area (Å²) >= 11 is 0. The van der Waals surface area contributed by atoms with E-state index in [0.29, 0.717) is 0 Å². The van der Waals surface area contributed by atoms with Crippen LogP contribution in [-0.4, -0.2) is 20.0 Å². The van der Waals surface area contributed by atoms with Gasteiger partial charge in [0.1, 0.15) is 5.69 Å². The zero-order valence-corrected chi connectivity index (χ0v) is 7.37. The Labute approximate surface area is 70.6 Å². The van der Waals surface area contributed by atoms with Gasteiger partial charge in [-0.05, 0) is 19.9 Å². The smallest absolute Gasteiger partial charge is 0.112 e. The largest absolute Gasteiger partial charge is 0.249 e. The first-order valence-corrected chi connectivity index (χ1v) is 3.82. The molecule has 2 aliphatic rings. The Morgan fingerprint density at radius 3 is 2.75 bits per heavy atom. The summed E-state index contributed by atoms with van der Waals surface area (Å²) in [4.78, 5) is 4.35. The van der Waals surface area contributed by atoms with Gasteiger partial charge < -0.3 is 0 Å². The minimum absolute atomic E-state index is 0.885. The normalized spacial score (nSPS) is 10.9. The maximum Gasteiger partial charge on any atom is 0.112 e. The average molecular weight is 162 g/mol. The topological polar surface area (TPSA) is 43.6 Å². The van der Waals surface area contributed by atoms with Gasteiger partial charge in [0, 0.05) is 12.7 Å². The van der Waals surface area contributed by atoms with Crippen LogP contribution in [0.4, 0.5) is 0 Å². The SMILES string of the molecule is Cc1cc2n(C)nnc(C)c-2n1. The fourth-order valence-corrected chi connectivity index (χ4v) is 1.27. The van der Waals surface area contributed by atoms with E-state index in [1.165, 1.54) is 0 Å². The summed E-state index contributed by atoms with van der Waals surface area (Å²) in [6.45, 7) is 3.89. The third kappa shape index (κ3) is 0.879. The quantitative estimate of drug-likeness (QED) is 0.578. The number of hydrogen-bond donors (Lipinski definition) is 0. The van der Waals surface area contributed by atoms with Gasteiger partial charge in [0.2, 0.25) is 0 Å². The predicted molar refractivity (Wildman–Crippen MR) is 44.9 cm³/mol. The minimum atomic E-state index is 0.885. The van der Waals surface area contributed by atoms with E-state index in [0.717, 1.165) is 22.8 Å². The summed E-state index contributed by atoms with van der Waals surface area (Å²) in [6.07, 6.45) is 0. The molecule has 4 nitrogen and oxygen atoms in total. The Balaban J connectivity index is 2.82. The molecule has 0 fully saturated rings. The van der Waals surface area contributed by atoms with Crippen LogP contribution in [0.25, 0.3) is 11.4 Å². The molecule has 2 heterocycles. The molecule has 0 unspecified atom stereocenters. The summed E-state index contributed by atoms with van der Waals surface area (Å²) in [7, 11) is 1.87.